The Morgan fingerprint density at radius 3 is 1.12 bits per heavy atom. The van der Waals surface area contributed by atoms with Crippen molar-refractivity contribution in [3.8, 4) is 12.3 Å². The molecule has 0 aromatic carbocycles. The summed E-state index contributed by atoms with van der Waals surface area (Å²) < 4.78 is 43.0. The van der Waals surface area contributed by atoms with Crippen molar-refractivity contribution in [3.63, 3.8) is 0 Å². The number of ketones is 2. The number of hydrogen-bond acceptors (Lipinski definition) is 11. The van der Waals surface area contributed by atoms with Gasteiger partial charge in [-0.05, 0) is 19.3 Å². The molecule has 0 saturated heterocycles. The number of aliphatic carboxylic acids is 1. The number of carbonyl (C=O) groups is 3. The first-order chi connectivity index (χ1) is 20.6. The molecule has 0 bridgehead atoms. The minimum atomic E-state index is -0.883. The van der Waals surface area contributed by atoms with Crippen molar-refractivity contribution in [2.75, 3.05) is 106 Å². The Bertz CT molecular complexity index is 680. The second-order valence-electron chi connectivity index (χ2n) is 9.13. The largest absolute Gasteiger partial charge is 0.481 e. The molecule has 0 saturated carbocycles. The molecule has 0 spiro atoms. The molecular formula is C30H52O12. The number of Topliss-reactive ketones (excluding diaryl/α,β-unsaturated/α-hetero) is 2. The number of ether oxygens (including phenoxy) is 8. The van der Waals surface area contributed by atoms with Crippen LogP contribution in [0.1, 0.15) is 57.8 Å². The molecule has 0 rings (SSSR count). The maximum Gasteiger partial charge on any atom is 0.305 e. The number of carboxylic acids is 1. The van der Waals surface area contributed by atoms with Crippen molar-refractivity contribution in [2.24, 2.45) is 0 Å². The van der Waals surface area contributed by atoms with Crippen LogP contribution in [0.3, 0.4) is 0 Å². The summed E-state index contributed by atoms with van der Waals surface area (Å²) in [6.07, 6.45) is 9.83. The summed E-state index contributed by atoms with van der Waals surface area (Å²) in [5.74, 6) is 2.02. The molecule has 0 amide bonds. The van der Waals surface area contributed by atoms with Gasteiger partial charge in [0.15, 0.2) is 0 Å². The molecule has 0 atom stereocenters. The number of hydrogen-bond donors (Lipinski definition) is 1. The van der Waals surface area contributed by atoms with Crippen LogP contribution in [-0.4, -0.2) is 128 Å². The van der Waals surface area contributed by atoms with Gasteiger partial charge in [0.05, 0.1) is 98.9 Å². The van der Waals surface area contributed by atoms with Crippen molar-refractivity contribution in [2.45, 2.75) is 57.8 Å². The van der Waals surface area contributed by atoms with Crippen LogP contribution in [-0.2, 0) is 52.3 Å². The number of carbonyl (C=O) groups excluding carboxylic acids is 2. The Hall–Kier alpha value is -1.95. The van der Waals surface area contributed by atoms with Gasteiger partial charge in [0.2, 0.25) is 0 Å². The quantitative estimate of drug-likeness (QED) is 0.0838. The van der Waals surface area contributed by atoms with Gasteiger partial charge in [0, 0.05) is 45.3 Å². The van der Waals surface area contributed by atoms with Crippen molar-refractivity contribution in [3.05, 3.63) is 0 Å². The van der Waals surface area contributed by atoms with Crippen molar-refractivity contribution in [1.82, 2.24) is 0 Å². The third-order valence-electron chi connectivity index (χ3n) is 5.48. The zero-order valence-electron chi connectivity index (χ0n) is 25.2. The van der Waals surface area contributed by atoms with Gasteiger partial charge < -0.3 is 43.0 Å². The lowest BCUT2D eigenvalue weighted by Crippen LogP contribution is -2.13. The monoisotopic (exact) mass is 604 g/mol. The highest BCUT2D eigenvalue weighted by Gasteiger charge is 2.03. The number of carboxylic acid groups (broad SMARTS) is 1. The molecule has 0 unspecified atom stereocenters. The van der Waals surface area contributed by atoms with E-state index in [9.17, 15) is 14.4 Å². The summed E-state index contributed by atoms with van der Waals surface area (Å²) in [5, 5.41) is 8.48. The Morgan fingerprint density at radius 2 is 0.738 bits per heavy atom. The van der Waals surface area contributed by atoms with Gasteiger partial charge in [-0.1, -0.05) is 0 Å². The van der Waals surface area contributed by atoms with Crippen molar-refractivity contribution >= 4 is 17.5 Å². The molecule has 244 valence electrons. The van der Waals surface area contributed by atoms with Crippen LogP contribution in [0.25, 0.3) is 0 Å². The highest BCUT2D eigenvalue weighted by molar-refractivity contribution is 5.78. The maximum absolute atomic E-state index is 11.9. The summed E-state index contributed by atoms with van der Waals surface area (Å²) >= 11 is 0. The molecule has 0 aromatic rings. The van der Waals surface area contributed by atoms with E-state index in [0.717, 1.165) is 6.42 Å². The first kappa shape index (κ1) is 40.1. The predicted molar refractivity (Wildman–Crippen MR) is 155 cm³/mol. The van der Waals surface area contributed by atoms with Crippen LogP contribution in [0.2, 0.25) is 0 Å². The average molecular weight is 605 g/mol. The second kappa shape index (κ2) is 33.6. The molecule has 0 heterocycles. The number of terminal acetylenes is 1. The molecule has 0 radical (unpaired) electrons. The standard InChI is InChI=1S/C30H52O12/c1-2-3-4-7-28(31)8-5-12-35-16-20-39-24-26-41-22-18-37-14-10-29(32)9-6-13-36-17-21-40-25-27-42-23-19-38-15-11-30(33)34/h1H,3-27H2,(H,33,34). The number of rotatable bonds is 35. The Balaban J connectivity index is 3.20. The van der Waals surface area contributed by atoms with Gasteiger partial charge in [-0.25, -0.2) is 0 Å². The molecule has 0 aliphatic rings. The van der Waals surface area contributed by atoms with Gasteiger partial charge >= 0.3 is 5.97 Å². The molecule has 12 heteroatoms. The van der Waals surface area contributed by atoms with Crippen LogP contribution in [0.4, 0.5) is 0 Å². The minimum Gasteiger partial charge on any atom is -0.481 e. The topological polar surface area (TPSA) is 145 Å². The summed E-state index contributed by atoms with van der Waals surface area (Å²) in [7, 11) is 0. The second-order valence-corrected chi connectivity index (χ2v) is 9.13. The SMILES string of the molecule is C#CCCCC(=O)CCCOCCOCCOCCOCCC(=O)CCCOCCOCCOCCOCCC(=O)O. The molecule has 0 aromatic heterocycles. The fraction of sp³-hybridized carbons (Fsp3) is 0.833. The lowest BCUT2D eigenvalue weighted by molar-refractivity contribution is -0.138. The van der Waals surface area contributed by atoms with E-state index in [2.05, 4.69) is 5.92 Å². The van der Waals surface area contributed by atoms with Gasteiger partial charge in [0.1, 0.15) is 11.6 Å². The zero-order valence-corrected chi connectivity index (χ0v) is 25.2. The molecule has 0 aliphatic heterocycles. The van der Waals surface area contributed by atoms with E-state index >= 15 is 0 Å². The fourth-order valence-electron chi connectivity index (χ4n) is 3.25. The Labute approximate surface area is 251 Å². The van der Waals surface area contributed by atoms with E-state index in [1.807, 2.05) is 0 Å². The average Bonchev–Trinajstić information content (AvgIpc) is 2.97. The highest BCUT2D eigenvalue weighted by Crippen LogP contribution is 2.01. The third kappa shape index (κ3) is 34.3. The van der Waals surface area contributed by atoms with E-state index in [0.29, 0.717) is 144 Å². The number of unbranched alkanes of at least 4 members (excludes halogenated alkanes) is 1. The molecule has 0 fully saturated rings. The summed E-state index contributed by atoms with van der Waals surface area (Å²) in [4.78, 5) is 33.8. The normalized spacial score (nSPS) is 11.0. The van der Waals surface area contributed by atoms with Crippen LogP contribution in [0.15, 0.2) is 0 Å². The van der Waals surface area contributed by atoms with Gasteiger partial charge in [0.25, 0.3) is 0 Å². The van der Waals surface area contributed by atoms with Crippen LogP contribution >= 0.6 is 0 Å². The minimum absolute atomic E-state index is 0.0121. The summed E-state index contributed by atoms with van der Waals surface area (Å²) in [6, 6.07) is 0. The van der Waals surface area contributed by atoms with Gasteiger partial charge in [-0.15, -0.1) is 12.3 Å². The summed E-state index contributed by atoms with van der Waals surface area (Å²) in [5.41, 5.74) is 0. The summed E-state index contributed by atoms with van der Waals surface area (Å²) in [6.45, 7) is 6.85. The molecular weight excluding hydrogens is 552 g/mol. The molecule has 1 N–H and O–H groups in total. The molecule has 0 aliphatic carbocycles. The lowest BCUT2D eigenvalue weighted by Gasteiger charge is -2.08. The van der Waals surface area contributed by atoms with Crippen LogP contribution in [0, 0.1) is 12.3 Å². The first-order valence-corrected chi connectivity index (χ1v) is 14.9. The van der Waals surface area contributed by atoms with Gasteiger partial charge in [-0.2, -0.15) is 0 Å². The van der Waals surface area contributed by atoms with E-state index in [4.69, 9.17) is 49.4 Å². The lowest BCUT2D eigenvalue weighted by atomic mass is 10.1. The molecule has 12 nitrogen and oxygen atoms in total. The van der Waals surface area contributed by atoms with Crippen molar-refractivity contribution < 1.29 is 57.4 Å². The van der Waals surface area contributed by atoms with E-state index in [1.165, 1.54) is 0 Å². The van der Waals surface area contributed by atoms with Crippen LogP contribution in [0.5, 0.6) is 0 Å². The molecule has 42 heavy (non-hydrogen) atoms. The van der Waals surface area contributed by atoms with E-state index in [-0.39, 0.29) is 24.6 Å². The fourth-order valence-corrected chi connectivity index (χ4v) is 3.25. The van der Waals surface area contributed by atoms with Gasteiger partial charge in [-0.3, -0.25) is 14.4 Å². The maximum atomic E-state index is 11.9. The Kier molecular flexibility index (Phi) is 32.0. The first-order valence-electron chi connectivity index (χ1n) is 14.9. The smallest absolute Gasteiger partial charge is 0.305 e. The van der Waals surface area contributed by atoms with E-state index < -0.39 is 5.97 Å². The third-order valence-corrected chi connectivity index (χ3v) is 5.48. The zero-order chi connectivity index (χ0) is 30.8. The Morgan fingerprint density at radius 1 is 0.429 bits per heavy atom. The van der Waals surface area contributed by atoms with E-state index in [1.54, 1.807) is 0 Å². The van der Waals surface area contributed by atoms with Crippen molar-refractivity contribution in [1.29, 1.82) is 0 Å². The van der Waals surface area contributed by atoms with Crippen LogP contribution < -0.4 is 0 Å². The predicted octanol–water partition coefficient (Wildman–Crippen LogP) is 2.49. The highest BCUT2D eigenvalue weighted by atomic mass is 16.6.